The molecule has 0 unspecified atom stereocenters. The second-order valence-corrected chi connectivity index (χ2v) is 16.3. The predicted octanol–water partition coefficient (Wildman–Crippen LogP) is 8.27. The Hall–Kier alpha value is -3.90. The summed E-state index contributed by atoms with van der Waals surface area (Å²) in [6.45, 7) is 2.24. The maximum absolute atomic E-state index is 14.0. The SMILES string of the molecule is COCCC1(CCOC)c2cc(Br)ccc2-c2ccc(C3=C4C(=O)NC(c5ccc6c(c5)C(CCOC)(CCOC)c5cc(Br)ccc5-6)=C4C(=O)N3)cc21. The van der Waals surface area contributed by atoms with Crippen LogP contribution in [0.1, 0.15) is 59.1 Å². The van der Waals surface area contributed by atoms with Crippen molar-refractivity contribution >= 4 is 55.1 Å². The first-order valence-corrected chi connectivity index (χ1v) is 19.8. The van der Waals surface area contributed by atoms with Gasteiger partial charge < -0.3 is 29.6 Å². The zero-order valence-corrected chi connectivity index (χ0v) is 34.0. The van der Waals surface area contributed by atoms with Crippen LogP contribution >= 0.6 is 31.9 Å². The lowest BCUT2D eigenvalue weighted by Gasteiger charge is -2.32. The van der Waals surface area contributed by atoms with Gasteiger partial charge >= 0.3 is 0 Å². The van der Waals surface area contributed by atoms with Crippen LogP contribution in [0.2, 0.25) is 0 Å². The fourth-order valence-corrected chi connectivity index (χ4v) is 10.0. The summed E-state index contributed by atoms with van der Waals surface area (Å²) in [4.78, 5) is 28.0. The molecule has 4 aromatic rings. The molecular weight excluding hydrogens is 812 g/mol. The van der Waals surface area contributed by atoms with Crippen molar-refractivity contribution in [3.63, 3.8) is 0 Å². The highest BCUT2D eigenvalue weighted by Gasteiger charge is 2.47. The van der Waals surface area contributed by atoms with Crippen LogP contribution in [0.4, 0.5) is 0 Å². The zero-order valence-electron chi connectivity index (χ0n) is 30.8. The molecule has 2 aliphatic carbocycles. The smallest absolute Gasteiger partial charge is 0.258 e. The Kier molecular flexibility index (Phi) is 10.0. The van der Waals surface area contributed by atoms with Gasteiger partial charge in [0.15, 0.2) is 0 Å². The molecule has 0 fully saturated rings. The van der Waals surface area contributed by atoms with Gasteiger partial charge in [-0.1, -0.05) is 68.3 Å². The molecular formula is C44H42Br2N2O6. The highest BCUT2D eigenvalue weighted by molar-refractivity contribution is 9.10. The van der Waals surface area contributed by atoms with Crippen LogP contribution in [0.25, 0.3) is 33.6 Å². The molecule has 0 saturated carbocycles. The normalized spacial score (nSPS) is 17.0. The third kappa shape index (κ3) is 5.76. The Morgan fingerprint density at radius 2 is 0.796 bits per heavy atom. The minimum absolute atomic E-state index is 0.302. The summed E-state index contributed by atoms with van der Waals surface area (Å²) in [6, 6.07) is 25.4. The number of benzene rings is 4. The fraction of sp³-hybridized carbons (Fsp3) is 0.318. The number of rotatable bonds is 14. The molecule has 278 valence electrons. The molecule has 0 saturated heterocycles. The van der Waals surface area contributed by atoms with E-state index in [2.05, 4.69) is 103 Å². The molecule has 2 aliphatic heterocycles. The number of nitrogens with one attached hydrogen (secondary N) is 2. The number of hydrogen-bond acceptors (Lipinski definition) is 6. The quantitative estimate of drug-likeness (QED) is 0.133. The number of carbonyl (C=O) groups is 2. The monoisotopic (exact) mass is 852 g/mol. The predicted molar refractivity (Wildman–Crippen MR) is 217 cm³/mol. The summed E-state index contributed by atoms with van der Waals surface area (Å²) in [5.41, 5.74) is 11.8. The van der Waals surface area contributed by atoms with Gasteiger partial charge in [0.2, 0.25) is 0 Å². The molecule has 0 spiro atoms. The summed E-state index contributed by atoms with van der Waals surface area (Å²) >= 11 is 7.42. The number of hydrogen-bond donors (Lipinski definition) is 2. The maximum atomic E-state index is 14.0. The second kappa shape index (κ2) is 14.6. The van der Waals surface area contributed by atoms with E-state index in [1.807, 2.05) is 12.1 Å². The van der Waals surface area contributed by atoms with Crippen LogP contribution in [0.5, 0.6) is 0 Å². The third-order valence-corrected chi connectivity index (χ3v) is 12.8. The molecule has 0 atom stereocenters. The standard InChI is InChI=1S/C44H42Br2N2O6/c1-51-17-13-43(14-18-52-2)33-21-25(5-9-29(33)31-11-7-27(45)23-35(31)43)39-37-38(42(50)47-39)40(48-41(37)49)26-6-10-30-32-12-8-28(46)24-36(32)44(15-19-53-3,16-20-54-4)34(30)22-26/h5-12,21-24H,13-20H2,1-4H3,(H,47,50)(H,48,49). The molecule has 0 aromatic heterocycles. The summed E-state index contributed by atoms with van der Waals surface area (Å²) in [6.07, 6.45) is 2.99. The lowest BCUT2D eigenvalue weighted by molar-refractivity contribution is -0.117. The Bertz CT molecular complexity index is 2100. The van der Waals surface area contributed by atoms with Gasteiger partial charge in [-0.15, -0.1) is 0 Å². The van der Waals surface area contributed by atoms with E-state index in [4.69, 9.17) is 18.9 Å². The van der Waals surface area contributed by atoms with E-state index in [9.17, 15) is 9.59 Å². The van der Waals surface area contributed by atoms with Crippen LogP contribution in [-0.4, -0.2) is 66.7 Å². The van der Waals surface area contributed by atoms with Crippen molar-refractivity contribution in [1.82, 2.24) is 10.6 Å². The highest BCUT2D eigenvalue weighted by atomic mass is 79.9. The van der Waals surface area contributed by atoms with Crippen molar-refractivity contribution in [2.24, 2.45) is 0 Å². The Balaban J connectivity index is 1.26. The number of amides is 2. The second-order valence-electron chi connectivity index (χ2n) is 14.4. The summed E-state index contributed by atoms with van der Waals surface area (Å²) < 4.78 is 24.6. The Morgan fingerprint density at radius 1 is 0.481 bits per heavy atom. The molecule has 2 N–H and O–H groups in total. The molecule has 4 aliphatic rings. The molecule has 2 heterocycles. The van der Waals surface area contributed by atoms with Crippen LogP contribution in [-0.2, 0) is 39.4 Å². The van der Waals surface area contributed by atoms with Crippen molar-refractivity contribution < 1.29 is 28.5 Å². The minimum atomic E-state index is -0.387. The number of carbonyl (C=O) groups excluding carboxylic acids is 2. The molecule has 54 heavy (non-hydrogen) atoms. The topological polar surface area (TPSA) is 95.1 Å². The Morgan fingerprint density at radius 3 is 1.13 bits per heavy atom. The van der Waals surface area contributed by atoms with Gasteiger partial charge in [0.25, 0.3) is 11.8 Å². The average molecular weight is 855 g/mol. The van der Waals surface area contributed by atoms with E-state index in [1.165, 1.54) is 22.3 Å². The zero-order chi connectivity index (χ0) is 37.8. The van der Waals surface area contributed by atoms with Gasteiger partial charge in [-0.25, -0.2) is 0 Å². The minimum Gasteiger partial charge on any atom is -0.385 e. The van der Waals surface area contributed by atoms with Crippen molar-refractivity contribution in [2.75, 3.05) is 54.9 Å². The summed E-state index contributed by atoms with van der Waals surface area (Å²) in [5, 5.41) is 6.22. The van der Waals surface area contributed by atoms with Gasteiger partial charge in [0.1, 0.15) is 0 Å². The van der Waals surface area contributed by atoms with Crippen LogP contribution in [0.3, 0.4) is 0 Å². The van der Waals surface area contributed by atoms with E-state index in [1.54, 1.807) is 28.4 Å². The van der Waals surface area contributed by atoms with Crippen LogP contribution in [0.15, 0.2) is 92.9 Å². The summed E-state index contributed by atoms with van der Waals surface area (Å²) in [5.74, 6) is -0.604. The van der Waals surface area contributed by atoms with Gasteiger partial charge in [0, 0.05) is 74.6 Å². The van der Waals surface area contributed by atoms with Gasteiger partial charge in [-0.2, -0.15) is 0 Å². The highest BCUT2D eigenvalue weighted by Crippen LogP contribution is 2.56. The van der Waals surface area contributed by atoms with E-state index >= 15 is 0 Å². The number of ether oxygens (including phenoxy) is 4. The van der Waals surface area contributed by atoms with Crippen molar-refractivity contribution in [3.05, 3.63) is 126 Å². The van der Waals surface area contributed by atoms with Crippen molar-refractivity contribution in [1.29, 1.82) is 0 Å². The lowest BCUT2D eigenvalue weighted by Crippen LogP contribution is -2.29. The third-order valence-electron chi connectivity index (χ3n) is 11.8. The molecule has 8 rings (SSSR count). The maximum Gasteiger partial charge on any atom is 0.258 e. The number of methoxy groups -OCH3 is 4. The van der Waals surface area contributed by atoms with E-state index in [-0.39, 0.29) is 22.6 Å². The first-order valence-electron chi connectivity index (χ1n) is 18.2. The van der Waals surface area contributed by atoms with E-state index in [0.717, 1.165) is 68.0 Å². The molecule has 2 amide bonds. The molecule has 8 nitrogen and oxygen atoms in total. The molecule has 0 bridgehead atoms. The van der Waals surface area contributed by atoms with Crippen LogP contribution < -0.4 is 10.6 Å². The van der Waals surface area contributed by atoms with Crippen molar-refractivity contribution in [2.45, 2.75) is 36.5 Å². The van der Waals surface area contributed by atoms with Crippen LogP contribution in [0, 0.1) is 0 Å². The summed E-state index contributed by atoms with van der Waals surface area (Å²) in [7, 11) is 6.89. The Labute approximate surface area is 332 Å². The van der Waals surface area contributed by atoms with Gasteiger partial charge in [-0.3, -0.25) is 9.59 Å². The lowest BCUT2D eigenvalue weighted by atomic mass is 9.72. The molecule has 0 radical (unpaired) electrons. The first kappa shape index (κ1) is 37.0. The van der Waals surface area contributed by atoms with E-state index in [0.29, 0.717) is 49.0 Å². The number of fused-ring (bicyclic) bond motifs is 7. The van der Waals surface area contributed by atoms with Gasteiger partial charge in [0.05, 0.1) is 22.5 Å². The number of halogens is 2. The van der Waals surface area contributed by atoms with Gasteiger partial charge in [-0.05, 0) is 118 Å². The first-order chi connectivity index (χ1) is 26.2. The average Bonchev–Trinajstić information content (AvgIpc) is 3.87. The van der Waals surface area contributed by atoms with E-state index < -0.39 is 0 Å². The van der Waals surface area contributed by atoms with Crippen molar-refractivity contribution in [3.8, 4) is 22.3 Å². The largest absolute Gasteiger partial charge is 0.385 e. The fourth-order valence-electron chi connectivity index (χ4n) is 9.29. The molecule has 10 heteroatoms. The molecule has 4 aromatic carbocycles.